The Labute approximate surface area is 324 Å². The lowest BCUT2D eigenvalue weighted by atomic mass is 10.1. The largest absolute Gasteiger partial charge is 0.444 e. The van der Waals surface area contributed by atoms with Crippen molar-refractivity contribution in [2.24, 2.45) is 0 Å². The van der Waals surface area contributed by atoms with Crippen LogP contribution >= 0.6 is 12.4 Å². The number of hydrogen-bond donors (Lipinski definition) is 1. The van der Waals surface area contributed by atoms with Crippen molar-refractivity contribution < 1.29 is 28.7 Å². The molecule has 0 aliphatic carbocycles. The molecule has 4 unspecified atom stereocenters. The van der Waals surface area contributed by atoms with Gasteiger partial charge in [-0.25, -0.2) is 4.79 Å². The molecule has 8 rings (SSSR count). The Kier molecular flexibility index (Phi) is 12.2. The van der Waals surface area contributed by atoms with Gasteiger partial charge in [-0.3, -0.25) is 24.1 Å². The number of carbonyl (C=O) groups is 5. The van der Waals surface area contributed by atoms with Crippen LogP contribution < -0.4 is 5.32 Å². The first kappa shape index (κ1) is 39.5. The van der Waals surface area contributed by atoms with Crippen LogP contribution in [-0.2, 0) is 14.3 Å². The van der Waals surface area contributed by atoms with Crippen LogP contribution in [0.2, 0.25) is 0 Å². The first-order valence-electron chi connectivity index (χ1n) is 19.5. The van der Waals surface area contributed by atoms with Crippen LogP contribution in [0.1, 0.15) is 92.9 Å². The number of piperazine rings is 2. The van der Waals surface area contributed by atoms with E-state index in [9.17, 15) is 24.0 Å². The molecule has 6 saturated heterocycles. The normalized spacial score (nSPS) is 27.2. The molecular formula is C41H55ClN6O6. The van der Waals surface area contributed by atoms with E-state index in [1.165, 1.54) is 0 Å². The topological polar surface area (TPSA) is 123 Å². The van der Waals surface area contributed by atoms with Gasteiger partial charge >= 0.3 is 6.09 Å². The quantitative estimate of drug-likeness (QED) is 0.484. The third-order valence-corrected chi connectivity index (χ3v) is 11.6. The highest BCUT2D eigenvalue weighted by Crippen LogP contribution is 2.34. The summed E-state index contributed by atoms with van der Waals surface area (Å²) in [6.07, 6.45) is 6.90. The summed E-state index contributed by atoms with van der Waals surface area (Å²) in [5.74, 6) is 0.379. The molecule has 2 aromatic carbocycles. The average Bonchev–Trinajstić information content (AvgIpc) is 3.97. The monoisotopic (exact) mass is 762 g/mol. The highest BCUT2D eigenvalue weighted by Gasteiger charge is 2.48. The Morgan fingerprint density at radius 3 is 1.52 bits per heavy atom. The van der Waals surface area contributed by atoms with E-state index in [1.807, 2.05) is 101 Å². The number of benzene rings is 2. The summed E-state index contributed by atoms with van der Waals surface area (Å²) in [6, 6.07) is 18.8. The maximum absolute atomic E-state index is 13.3. The number of hydrogen-bond acceptors (Lipinski definition) is 7. The Balaban J connectivity index is 0.000000187. The van der Waals surface area contributed by atoms with E-state index >= 15 is 0 Å². The van der Waals surface area contributed by atoms with Gasteiger partial charge in [-0.1, -0.05) is 36.4 Å². The standard InChI is InChI=1S/C23H31N3O4.C18H23N3O2.ClH/c1-23(2,3)30-22(29)25-13-7-10-19(25)21(28)24-14-17-11-12-18(15-24)26(17)20(27)16-8-5-4-6-9-16;22-17(13-5-2-1-3-6-13)21-14-8-9-15(21)12-20(11-14)18(23)16-7-4-10-19-16;/h4-6,8-9,17-19H,7,10-15H2,1-3H3;1-3,5-6,14-16,19H,4,7-12H2;1H/t17?,18?,19-;14?,15?,16-;/m00./s1. The van der Waals surface area contributed by atoms with Crippen LogP contribution in [0.5, 0.6) is 0 Å². The van der Waals surface area contributed by atoms with Gasteiger partial charge in [-0.2, -0.15) is 0 Å². The zero-order chi connectivity index (χ0) is 37.3. The molecular weight excluding hydrogens is 708 g/mol. The second-order valence-electron chi connectivity index (χ2n) is 16.4. The fourth-order valence-corrected chi connectivity index (χ4v) is 9.18. The molecule has 0 radical (unpaired) electrons. The molecule has 6 fully saturated rings. The number of nitrogens with one attached hydrogen (secondary N) is 1. The first-order valence-corrected chi connectivity index (χ1v) is 19.5. The highest BCUT2D eigenvalue weighted by atomic mass is 35.5. The van der Waals surface area contributed by atoms with E-state index in [1.54, 1.807) is 4.90 Å². The summed E-state index contributed by atoms with van der Waals surface area (Å²) in [4.78, 5) is 73.8. The van der Waals surface area contributed by atoms with Gasteiger partial charge in [0.1, 0.15) is 11.6 Å². The van der Waals surface area contributed by atoms with Crippen LogP contribution in [0.25, 0.3) is 0 Å². The van der Waals surface area contributed by atoms with Gasteiger partial charge in [0.05, 0.1) is 30.2 Å². The molecule has 4 bridgehead atoms. The zero-order valence-electron chi connectivity index (χ0n) is 31.7. The number of rotatable bonds is 4. The van der Waals surface area contributed by atoms with Crippen LogP contribution in [0.15, 0.2) is 60.7 Å². The maximum atomic E-state index is 13.3. The van der Waals surface area contributed by atoms with E-state index in [2.05, 4.69) is 5.32 Å². The zero-order valence-corrected chi connectivity index (χ0v) is 32.5. The molecule has 1 N–H and O–H groups in total. The van der Waals surface area contributed by atoms with E-state index in [-0.39, 0.29) is 66.2 Å². The molecule has 5 amide bonds. The van der Waals surface area contributed by atoms with Gasteiger partial charge in [0.15, 0.2) is 0 Å². The van der Waals surface area contributed by atoms with Crippen molar-refractivity contribution in [3.05, 3.63) is 71.8 Å². The van der Waals surface area contributed by atoms with Gasteiger partial charge in [-0.15, -0.1) is 12.4 Å². The van der Waals surface area contributed by atoms with Gasteiger partial charge in [-0.05, 0) is 103 Å². The van der Waals surface area contributed by atoms with Gasteiger partial charge in [0.2, 0.25) is 11.8 Å². The van der Waals surface area contributed by atoms with Gasteiger partial charge in [0, 0.05) is 43.9 Å². The van der Waals surface area contributed by atoms with Crippen LogP contribution in [0.3, 0.4) is 0 Å². The third kappa shape index (κ3) is 8.39. The van der Waals surface area contributed by atoms with Crippen LogP contribution in [0, 0.1) is 0 Å². The number of likely N-dealkylation sites (tertiary alicyclic amines) is 3. The number of amides is 5. The fraction of sp³-hybridized carbons (Fsp3) is 0.585. The summed E-state index contributed by atoms with van der Waals surface area (Å²) in [7, 11) is 0. The maximum Gasteiger partial charge on any atom is 0.410 e. The molecule has 54 heavy (non-hydrogen) atoms. The average molecular weight is 763 g/mol. The summed E-state index contributed by atoms with van der Waals surface area (Å²) >= 11 is 0. The number of nitrogens with zero attached hydrogens (tertiary/aromatic N) is 5. The molecule has 6 aliphatic rings. The van der Waals surface area contributed by atoms with E-state index in [0.717, 1.165) is 57.1 Å². The minimum atomic E-state index is -0.587. The number of carbonyl (C=O) groups excluding carboxylic acids is 5. The minimum Gasteiger partial charge on any atom is -0.444 e. The second-order valence-corrected chi connectivity index (χ2v) is 16.4. The molecule has 6 atom stereocenters. The van der Waals surface area contributed by atoms with Crippen molar-refractivity contribution in [3.8, 4) is 0 Å². The molecule has 0 spiro atoms. The lowest BCUT2D eigenvalue weighted by Crippen LogP contribution is -2.60. The predicted molar refractivity (Wildman–Crippen MR) is 206 cm³/mol. The predicted octanol–water partition coefficient (Wildman–Crippen LogP) is 4.58. The van der Waals surface area contributed by atoms with Crippen molar-refractivity contribution in [3.63, 3.8) is 0 Å². The van der Waals surface area contributed by atoms with Gasteiger partial charge in [0.25, 0.3) is 11.8 Å². The summed E-state index contributed by atoms with van der Waals surface area (Å²) in [5.41, 5.74) is 0.859. The van der Waals surface area contributed by atoms with Crippen molar-refractivity contribution in [2.75, 3.05) is 39.3 Å². The van der Waals surface area contributed by atoms with E-state index < -0.39 is 17.7 Å². The smallest absolute Gasteiger partial charge is 0.410 e. The van der Waals surface area contributed by atoms with Crippen molar-refractivity contribution in [1.82, 2.24) is 29.8 Å². The molecule has 13 heteroatoms. The van der Waals surface area contributed by atoms with E-state index in [0.29, 0.717) is 44.7 Å². The highest BCUT2D eigenvalue weighted by molar-refractivity contribution is 5.96. The Morgan fingerprint density at radius 2 is 1.09 bits per heavy atom. The molecule has 6 aliphatic heterocycles. The number of ether oxygens (including phenoxy) is 1. The molecule has 12 nitrogen and oxygen atoms in total. The molecule has 292 valence electrons. The van der Waals surface area contributed by atoms with Crippen molar-refractivity contribution in [1.29, 1.82) is 0 Å². The lowest BCUT2D eigenvalue weighted by molar-refractivity contribution is -0.139. The Bertz CT molecular complexity index is 1640. The van der Waals surface area contributed by atoms with Crippen molar-refractivity contribution in [2.45, 2.75) is 114 Å². The van der Waals surface area contributed by atoms with E-state index in [4.69, 9.17) is 4.74 Å². The van der Waals surface area contributed by atoms with Crippen LogP contribution in [-0.4, -0.2) is 135 Å². The Hall–Kier alpha value is -4.16. The summed E-state index contributed by atoms with van der Waals surface area (Å²) in [5, 5.41) is 3.29. The third-order valence-electron chi connectivity index (χ3n) is 11.6. The fourth-order valence-electron chi connectivity index (χ4n) is 9.18. The lowest BCUT2D eigenvalue weighted by Gasteiger charge is -2.42. The number of halogens is 1. The number of fused-ring (bicyclic) bond motifs is 4. The Morgan fingerprint density at radius 1 is 0.630 bits per heavy atom. The summed E-state index contributed by atoms with van der Waals surface area (Å²) in [6.45, 7) is 9.42. The summed E-state index contributed by atoms with van der Waals surface area (Å²) < 4.78 is 5.50. The second kappa shape index (κ2) is 16.7. The molecule has 0 saturated carbocycles. The van der Waals surface area contributed by atoms with Crippen LogP contribution in [0.4, 0.5) is 4.79 Å². The molecule has 0 aromatic heterocycles. The minimum absolute atomic E-state index is 0. The molecule has 6 heterocycles. The SMILES string of the molecule is CC(C)(C)OC(=O)N1CCC[C@H]1C(=O)N1CC2CCC(C1)N2C(=O)c1ccccc1.Cl.O=C([C@@H]1CCCN1)N1CC2CCC(C1)N2C(=O)c1ccccc1. The first-order chi connectivity index (χ1) is 25.5. The van der Waals surface area contributed by atoms with Crippen molar-refractivity contribution >= 4 is 42.1 Å². The molecule has 2 aromatic rings. The van der Waals surface area contributed by atoms with Gasteiger partial charge < -0.3 is 29.7 Å².